The SMILES string of the molecule is CCN(C(=O)Cn1cnc2cc(F)c(F)cc21)c1cccc2ccccc12. The van der Waals surface area contributed by atoms with E-state index in [1.165, 1.54) is 10.9 Å². The van der Waals surface area contributed by atoms with Crippen molar-refractivity contribution < 1.29 is 13.6 Å². The molecule has 0 radical (unpaired) electrons. The van der Waals surface area contributed by atoms with Crippen LogP contribution in [0.2, 0.25) is 0 Å². The van der Waals surface area contributed by atoms with Gasteiger partial charge in [0.25, 0.3) is 0 Å². The van der Waals surface area contributed by atoms with Gasteiger partial charge in [-0.05, 0) is 18.4 Å². The van der Waals surface area contributed by atoms with Crippen molar-refractivity contribution in [3.8, 4) is 0 Å². The summed E-state index contributed by atoms with van der Waals surface area (Å²) in [7, 11) is 0. The molecular weight excluding hydrogens is 348 g/mol. The molecule has 0 aliphatic heterocycles. The Morgan fingerprint density at radius 2 is 1.81 bits per heavy atom. The average molecular weight is 365 g/mol. The fraction of sp³-hybridized carbons (Fsp3) is 0.143. The average Bonchev–Trinajstić information content (AvgIpc) is 3.04. The summed E-state index contributed by atoms with van der Waals surface area (Å²) in [5.74, 6) is -2.07. The number of carbonyl (C=O) groups excluding carboxylic acids is 1. The van der Waals surface area contributed by atoms with E-state index in [0.29, 0.717) is 17.6 Å². The zero-order valence-electron chi connectivity index (χ0n) is 14.7. The molecule has 0 unspecified atom stereocenters. The molecular formula is C21H17F2N3O. The fourth-order valence-corrected chi connectivity index (χ4v) is 3.34. The van der Waals surface area contributed by atoms with E-state index in [9.17, 15) is 13.6 Å². The molecule has 3 aromatic carbocycles. The minimum Gasteiger partial charge on any atom is -0.321 e. The number of hydrogen-bond donors (Lipinski definition) is 0. The zero-order valence-corrected chi connectivity index (χ0v) is 14.7. The maximum absolute atomic E-state index is 13.6. The molecule has 27 heavy (non-hydrogen) atoms. The highest BCUT2D eigenvalue weighted by Gasteiger charge is 2.18. The van der Waals surface area contributed by atoms with Crippen molar-refractivity contribution in [2.45, 2.75) is 13.5 Å². The third-order valence-corrected chi connectivity index (χ3v) is 4.64. The van der Waals surface area contributed by atoms with E-state index >= 15 is 0 Å². The maximum atomic E-state index is 13.6. The summed E-state index contributed by atoms with van der Waals surface area (Å²) < 4.78 is 28.5. The van der Waals surface area contributed by atoms with E-state index in [1.54, 1.807) is 4.90 Å². The van der Waals surface area contributed by atoms with Gasteiger partial charge in [0.15, 0.2) is 11.6 Å². The first kappa shape index (κ1) is 17.1. The van der Waals surface area contributed by atoms with Crippen LogP contribution in [0, 0.1) is 11.6 Å². The Morgan fingerprint density at radius 1 is 1.07 bits per heavy atom. The molecule has 1 amide bonds. The smallest absolute Gasteiger partial charge is 0.246 e. The van der Waals surface area contributed by atoms with Crippen molar-refractivity contribution in [1.29, 1.82) is 0 Å². The number of aromatic nitrogens is 2. The quantitative estimate of drug-likeness (QED) is 0.533. The number of halogens is 2. The van der Waals surface area contributed by atoms with Gasteiger partial charge in [-0.1, -0.05) is 36.4 Å². The lowest BCUT2D eigenvalue weighted by atomic mass is 10.1. The summed E-state index contributed by atoms with van der Waals surface area (Å²) in [5.41, 5.74) is 1.52. The molecule has 0 aliphatic carbocycles. The van der Waals surface area contributed by atoms with Crippen LogP contribution in [0.5, 0.6) is 0 Å². The Labute approximate surface area is 154 Å². The van der Waals surface area contributed by atoms with Crippen molar-refractivity contribution in [2.24, 2.45) is 0 Å². The molecule has 0 bridgehead atoms. The summed E-state index contributed by atoms with van der Waals surface area (Å²) in [6.07, 6.45) is 1.43. The van der Waals surface area contributed by atoms with Crippen LogP contribution in [0.4, 0.5) is 14.5 Å². The molecule has 0 atom stereocenters. The van der Waals surface area contributed by atoms with E-state index in [0.717, 1.165) is 28.6 Å². The molecule has 6 heteroatoms. The normalized spacial score (nSPS) is 11.2. The lowest BCUT2D eigenvalue weighted by Crippen LogP contribution is -2.33. The molecule has 4 nitrogen and oxygen atoms in total. The number of hydrogen-bond acceptors (Lipinski definition) is 2. The van der Waals surface area contributed by atoms with Crippen molar-refractivity contribution in [1.82, 2.24) is 9.55 Å². The summed E-state index contributed by atoms with van der Waals surface area (Å²) >= 11 is 0. The third-order valence-electron chi connectivity index (χ3n) is 4.64. The predicted octanol–water partition coefficient (Wildman–Crippen LogP) is 4.52. The van der Waals surface area contributed by atoms with E-state index in [1.807, 2.05) is 49.4 Å². The Hall–Kier alpha value is -3.28. The Morgan fingerprint density at radius 3 is 2.63 bits per heavy atom. The molecule has 4 rings (SSSR count). The van der Waals surface area contributed by atoms with Gasteiger partial charge in [-0.15, -0.1) is 0 Å². The van der Waals surface area contributed by atoms with Crippen LogP contribution < -0.4 is 4.90 Å². The highest BCUT2D eigenvalue weighted by atomic mass is 19.2. The Balaban J connectivity index is 1.70. The molecule has 0 N–H and O–H groups in total. The first-order valence-corrected chi connectivity index (χ1v) is 8.66. The Bertz CT molecular complexity index is 1150. The van der Waals surface area contributed by atoms with E-state index in [2.05, 4.69) is 4.98 Å². The predicted molar refractivity (Wildman–Crippen MR) is 102 cm³/mol. The summed E-state index contributed by atoms with van der Waals surface area (Å²) in [4.78, 5) is 18.7. The fourth-order valence-electron chi connectivity index (χ4n) is 3.34. The van der Waals surface area contributed by atoms with Crippen molar-refractivity contribution in [2.75, 3.05) is 11.4 Å². The maximum Gasteiger partial charge on any atom is 0.246 e. The van der Waals surface area contributed by atoms with Gasteiger partial charge < -0.3 is 9.47 Å². The topological polar surface area (TPSA) is 38.1 Å². The van der Waals surface area contributed by atoms with Gasteiger partial charge in [0, 0.05) is 24.1 Å². The summed E-state index contributed by atoms with van der Waals surface area (Å²) in [6, 6.07) is 15.8. The second-order valence-electron chi connectivity index (χ2n) is 6.26. The lowest BCUT2D eigenvalue weighted by Gasteiger charge is -2.23. The number of anilines is 1. The standard InChI is InChI=1S/C21H17F2N3O/c1-2-26(19-9-5-7-14-6-3-4-8-15(14)19)21(27)12-25-13-24-18-10-16(22)17(23)11-20(18)25/h3-11,13H,2,12H2,1H3. The van der Waals surface area contributed by atoms with Crippen LogP contribution in [-0.2, 0) is 11.3 Å². The van der Waals surface area contributed by atoms with Gasteiger partial charge >= 0.3 is 0 Å². The van der Waals surface area contributed by atoms with Gasteiger partial charge in [0.2, 0.25) is 5.91 Å². The lowest BCUT2D eigenvalue weighted by molar-refractivity contribution is -0.119. The number of amides is 1. The van der Waals surface area contributed by atoms with Gasteiger partial charge in [0.05, 0.1) is 23.0 Å². The number of fused-ring (bicyclic) bond motifs is 2. The number of imidazole rings is 1. The van der Waals surface area contributed by atoms with Crippen LogP contribution in [0.25, 0.3) is 21.8 Å². The number of benzene rings is 3. The molecule has 0 fully saturated rings. The molecule has 0 saturated heterocycles. The molecule has 136 valence electrons. The molecule has 4 aromatic rings. The number of nitrogens with zero attached hydrogens (tertiary/aromatic N) is 3. The van der Waals surface area contributed by atoms with Gasteiger partial charge in [-0.2, -0.15) is 0 Å². The summed E-state index contributed by atoms with van der Waals surface area (Å²) in [6.45, 7) is 2.38. The highest BCUT2D eigenvalue weighted by molar-refractivity contribution is 6.03. The first-order chi connectivity index (χ1) is 13.1. The van der Waals surface area contributed by atoms with E-state index in [-0.39, 0.29) is 12.5 Å². The minimum atomic E-state index is -0.960. The van der Waals surface area contributed by atoms with Crippen LogP contribution in [0.15, 0.2) is 60.9 Å². The second-order valence-corrected chi connectivity index (χ2v) is 6.26. The van der Waals surface area contributed by atoms with E-state index < -0.39 is 11.6 Å². The van der Waals surface area contributed by atoms with E-state index in [4.69, 9.17) is 0 Å². The van der Waals surface area contributed by atoms with Crippen molar-refractivity contribution >= 4 is 33.4 Å². The van der Waals surface area contributed by atoms with Gasteiger partial charge in [0.1, 0.15) is 6.54 Å². The molecule has 0 spiro atoms. The van der Waals surface area contributed by atoms with Crippen LogP contribution in [0.1, 0.15) is 6.92 Å². The zero-order chi connectivity index (χ0) is 19.0. The monoisotopic (exact) mass is 365 g/mol. The molecule has 1 heterocycles. The van der Waals surface area contributed by atoms with Crippen LogP contribution in [0.3, 0.4) is 0 Å². The largest absolute Gasteiger partial charge is 0.321 e. The van der Waals surface area contributed by atoms with Gasteiger partial charge in [-0.25, -0.2) is 13.8 Å². The first-order valence-electron chi connectivity index (χ1n) is 8.66. The summed E-state index contributed by atoms with van der Waals surface area (Å²) in [5, 5.41) is 2.03. The highest BCUT2D eigenvalue weighted by Crippen LogP contribution is 2.27. The number of likely N-dealkylation sites (N-methyl/N-ethyl adjacent to an activating group) is 1. The molecule has 1 aromatic heterocycles. The van der Waals surface area contributed by atoms with Crippen molar-refractivity contribution in [3.05, 3.63) is 72.6 Å². The molecule has 0 saturated carbocycles. The molecule has 0 aliphatic rings. The third kappa shape index (κ3) is 3.03. The minimum absolute atomic E-state index is 0.0152. The van der Waals surface area contributed by atoms with Crippen molar-refractivity contribution in [3.63, 3.8) is 0 Å². The number of carbonyl (C=O) groups is 1. The van der Waals surface area contributed by atoms with Crippen LogP contribution >= 0.6 is 0 Å². The van der Waals surface area contributed by atoms with Crippen LogP contribution in [-0.4, -0.2) is 22.0 Å². The van der Waals surface area contributed by atoms with Gasteiger partial charge in [-0.3, -0.25) is 4.79 Å². The number of rotatable bonds is 4. The Kier molecular flexibility index (Phi) is 4.32. The second kappa shape index (κ2) is 6.79.